The van der Waals surface area contributed by atoms with Crippen LogP contribution in [0.1, 0.15) is 11.5 Å². The predicted octanol–water partition coefficient (Wildman–Crippen LogP) is 4.43. The van der Waals surface area contributed by atoms with Gasteiger partial charge in [-0.15, -0.1) is 0 Å². The van der Waals surface area contributed by atoms with E-state index in [-0.39, 0.29) is 12.3 Å². The molecule has 1 amide bonds. The van der Waals surface area contributed by atoms with Gasteiger partial charge in [-0.3, -0.25) is 4.79 Å². The van der Waals surface area contributed by atoms with E-state index in [1.54, 1.807) is 7.11 Å². The van der Waals surface area contributed by atoms with Gasteiger partial charge in [0.1, 0.15) is 5.76 Å². The molecule has 0 saturated carbocycles. The number of aryl methyl sites for hydroxylation is 1. The smallest absolute Gasteiger partial charge is 0.230 e. The summed E-state index contributed by atoms with van der Waals surface area (Å²) in [6, 6.07) is 17.6. The van der Waals surface area contributed by atoms with Gasteiger partial charge >= 0.3 is 0 Å². The van der Waals surface area contributed by atoms with E-state index in [0.717, 1.165) is 28.7 Å². The van der Waals surface area contributed by atoms with Crippen LogP contribution < -0.4 is 5.32 Å². The molecule has 29 heavy (non-hydrogen) atoms. The third kappa shape index (κ3) is 4.22. The van der Waals surface area contributed by atoms with Gasteiger partial charge in [0.05, 0.1) is 18.7 Å². The Balaban J connectivity index is 1.45. The SMILES string of the molecule is COCCn1ccc2cc(NC(=O)Cc3nc(-c4ccccc4)oc3C)ccc21. The van der Waals surface area contributed by atoms with E-state index < -0.39 is 0 Å². The molecule has 4 rings (SSSR count). The lowest BCUT2D eigenvalue weighted by Gasteiger charge is -2.07. The van der Waals surface area contributed by atoms with Gasteiger partial charge in [0, 0.05) is 42.0 Å². The monoisotopic (exact) mass is 389 g/mol. The molecule has 6 nitrogen and oxygen atoms in total. The zero-order valence-electron chi connectivity index (χ0n) is 16.5. The molecule has 148 valence electrons. The van der Waals surface area contributed by atoms with Gasteiger partial charge in [-0.1, -0.05) is 18.2 Å². The first kappa shape index (κ1) is 19.0. The normalized spacial score (nSPS) is 11.1. The highest BCUT2D eigenvalue weighted by Crippen LogP contribution is 2.23. The number of oxazole rings is 1. The number of rotatable bonds is 7. The van der Waals surface area contributed by atoms with Crippen LogP contribution in [0.25, 0.3) is 22.4 Å². The maximum Gasteiger partial charge on any atom is 0.230 e. The predicted molar refractivity (Wildman–Crippen MR) is 113 cm³/mol. The van der Waals surface area contributed by atoms with Crippen LogP contribution in [0.5, 0.6) is 0 Å². The van der Waals surface area contributed by atoms with E-state index in [1.165, 1.54) is 0 Å². The average molecular weight is 389 g/mol. The summed E-state index contributed by atoms with van der Waals surface area (Å²) < 4.78 is 13.0. The van der Waals surface area contributed by atoms with E-state index in [2.05, 4.69) is 14.9 Å². The molecule has 0 unspecified atom stereocenters. The number of aromatic nitrogens is 2. The summed E-state index contributed by atoms with van der Waals surface area (Å²) in [6.07, 6.45) is 2.19. The Kier molecular flexibility index (Phi) is 5.44. The van der Waals surface area contributed by atoms with Crippen LogP contribution in [-0.2, 0) is 22.5 Å². The highest BCUT2D eigenvalue weighted by molar-refractivity contribution is 5.95. The molecule has 0 aliphatic rings. The molecular weight excluding hydrogens is 366 g/mol. The molecule has 0 aliphatic carbocycles. The van der Waals surface area contributed by atoms with Crippen molar-refractivity contribution < 1.29 is 13.9 Å². The second-order valence-corrected chi connectivity index (χ2v) is 6.89. The second-order valence-electron chi connectivity index (χ2n) is 6.89. The van der Waals surface area contributed by atoms with Crippen LogP contribution >= 0.6 is 0 Å². The summed E-state index contributed by atoms with van der Waals surface area (Å²) in [6.45, 7) is 3.28. The molecule has 1 N–H and O–H groups in total. The van der Waals surface area contributed by atoms with Gasteiger partial charge in [0.25, 0.3) is 0 Å². The lowest BCUT2D eigenvalue weighted by molar-refractivity contribution is -0.115. The van der Waals surface area contributed by atoms with E-state index in [9.17, 15) is 4.79 Å². The van der Waals surface area contributed by atoms with Crippen LogP contribution in [0.2, 0.25) is 0 Å². The number of amides is 1. The minimum Gasteiger partial charge on any atom is -0.441 e. The maximum atomic E-state index is 12.5. The standard InChI is InChI=1S/C23H23N3O3/c1-16-20(25-23(29-16)17-6-4-3-5-7-17)15-22(27)24-19-8-9-21-18(14-19)10-11-26(21)12-13-28-2/h3-11,14H,12-13,15H2,1-2H3,(H,24,27). The number of methoxy groups -OCH3 is 1. The number of anilines is 1. The van der Waals surface area contributed by atoms with E-state index in [4.69, 9.17) is 9.15 Å². The average Bonchev–Trinajstić information content (AvgIpc) is 3.30. The van der Waals surface area contributed by atoms with Crippen molar-refractivity contribution in [1.29, 1.82) is 0 Å². The van der Waals surface area contributed by atoms with E-state index in [0.29, 0.717) is 24.0 Å². The van der Waals surface area contributed by atoms with Crippen molar-refractivity contribution in [3.05, 3.63) is 72.2 Å². The Bertz CT molecular complexity index is 1130. The molecule has 4 aromatic rings. The fourth-order valence-corrected chi connectivity index (χ4v) is 3.32. The zero-order valence-corrected chi connectivity index (χ0v) is 16.5. The summed E-state index contributed by atoms with van der Waals surface area (Å²) in [7, 11) is 1.69. The minimum absolute atomic E-state index is 0.126. The number of ether oxygens (including phenoxy) is 1. The molecule has 2 aromatic carbocycles. The van der Waals surface area contributed by atoms with Crippen molar-refractivity contribution in [3.63, 3.8) is 0 Å². The Morgan fingerprint density at radius 2 is 2.00 bits per heavy atom. The fraction of sp³-hybridized carbons (Fsp3) is 0.217. The van der Waals surface area contributed by atoms with Gasteiger partial charge in [-0.25, -0.2) is 4.98 Å². The molecule has 6 heteroatoms. The minimum atomic E-state index is -0.126. The summed E-state index contributed by atoms with van der Waals surface area (Å²) in [5, 5.41) is 4.03. The first-order valence-corrected chi connectivity index (χ1v) is 9.53. The molecule has 0 saturated heterocycles. The van der Waals surface area contributed by atoms with Gasteiger partial charge in [-0.05, 0) is 43.3 Å². The highest BCUT2D eigenvalue weighted by Gasteiger charge is 2.15. The molecule has 0 radical (unpaired) electrons. The number of nitrogens with one attached hydrogen (secondary N) is 1. The number of hydrogen-bond acceptors (Lipinski definition) is 4. The molecule has 0 bridgehead atoms. The quantitative estimate of drug-likeness (QED) is 0.508. The Morgan fingerprint density at radius 3 is 2.79 bits per heavy atom. The number of benzene rings is 2. The van der Waals surface area contributed by atoms with Crippen LogP contribution in [0.15, 0.2) is 65.2 Å². The van der Waals surface area contributed by atoms with Gasteiger partial charge in [0.2, 0.25) is 11.8 Å². The Labute approximate surface area is 169 Å². The van der Waals surface area contributed by atoms with Crippen molar-refractivity contribution in [2.75, 3.05) is 19.0 Å². The van der Waals surface area contributed by atoms with Crippen molar-refractivity contribution in [2.45, 2.75) is 19.9 Å². The van der Waals surface area contributed by atoms with Gasteiger partial charge < -0.3 is 19.0 Å². The van der Waals surface area contributed by atoms with E-state index in [1.807, 2.05) is 67.7 Å². The van der Waals surface area contributed by atoms with Crippen molar-refractivity contribution in [2.24, 2.45) is 0 Å². The highest BCUT2D eigenvalue weighted by atomic mass is 16.5. The third-order valence-electron chi connectivity index (χ3n) is 4.83. The summed E-state index contributed by atoms with van der Waals surface area (Å²) >= 11 is 0. The Morgan fingerprint density at radius 1 is 1.17 bits per heavy atom. The molecule has 0 aliphatic heterocycles. The van der Waals surface area contributed by atoms with Crippen molar-refractivity contribution in [3.8, 4) is 11.5 Å². The largest absolute Gasteiger partial charge is 0.441 e. The zero-order chi connectivity index (χ0) is 20.2. The molecule has 0 fully saturated rings. The van der Waals surface area contributed by atoms with Crippen LogP contribution in [-0.4, -0.2) is 29.2 Å². The molecule has 2 heterocycles. The lowest BCUT2D eigenvalue weighted by atomic mass is 10.2. The van der Waals surface area contributed by atoms with Gasteiger partial charge in [0.15, 0.2) is 0 Å². The summed E-state index contributed by atoms with van der Waals surface area (Å²) in [5.74, 6) is 1.06. The first-order chi connectivity index (χ1) is 14.1. The second kappa shape index (κ2) is 8.32. The molecular formula is C23H23N3O3. The summed E-state index contributed by atoms with van der Waals surface area (Å²) in [4.78, 5) is 17.0. The number of carbonyl (C=O) groups is 1. The number of fused-ring (bicyclic) bond motifs is 1. The van der Waals surface area contributed by atoms with Crippen molar-refractivity contribution in [1.82, 2.24) is 9.55 Å². The van der Waals surface area contributed by atoms with Crippen LogP contribution in [0.4, 0.5) is 5.69 Å². The maximum absolute atomic E-state index is 12.5. The Hall–Kier alpha value is -3.38. The number of nitrogens with zero attached hydrogens (tertiary/aromatic N) is 2. The molecule has 2 aromatic heterocycles. The van der Waals surface area contributed by atoms with Crippen LogP contribution in [0.3, 0.4) is 0 Å². The molecule has 0 spiro atoms. The first-order valence-electron chi connectivity index (χ1n) is 9.53. The number of hydrogen-bond donors (Lipinski definition) is 1. The van der Waals surface area contributed by atoms with E-state index >= 15 is 0 Å². The third-order valence-corrected chi connectivity index (χ3v) is 4.83. The fourth-order valence-electron chi connectivity index (χ4n) is 3.32. The van der Waals surface area contributed by atoms with Gasteiger partial charge in [-0.2, -0.15) is 0 Å². The number of carbonyl (C=O) groups excluding carboxylic acids is 1. The van der Waals surface area contributed by atoms with Crippen molar-refractivity contribution >= 4 is 22.5 Å². The van der Waals surface area contributed by atoms with Crippen LogP contribution in [0, 0.1) is 6.92 Å². The lowest BCUT2D eigenvalue weighted by Crippen LogP contribution is -2.15. The molecule has 0 atom stereocenters. The summed E-state index contributed by atoms with van der Waals surface area (Å²) in [5.41, 5.74) is 3.41. The topological polar surface area (TPSA) is 69.3 Å².